The highest BCUT2D eigenvalue weighted by Crippen LogP contribution is 2.62. The van der Waals surface area contributed by atoms with Gasteiger partial charge in [-0.05, 0) is 103 Å². The lowest BCUT2D eigenvalue weighted by Crippen LogP contribution is -2.69. The summed E-state index contributed by atoms with van der Waals surface area (Å²) >= 11 is 0. The minimum Gasteiger partial charge on any atom is -0.489 e. The summed E-state index contributed by atoms with van der Waals surface area (Å²) in [5.41, 5.74) is 3.55. The molecule has 0 bridgehead atoms. The van der Waals surface area contributed by atoms with E-state index in [1.807, 2.05) is 67.7 Å². The molecule has 1 unspecified atom stereocenters. The number of oxime groups is 1. The number of halogens is 1. The lowest BCUT2D eigenvalue weighted by atomic mass is 9.55. The Bertz CT molecular complexity index is 2260. The molecule has 4 aliphatic rings. The topological polar surface area (TPSA) is 119 Å². The van der Waals surface area contributed by atoms with E-state index in [0.29, 0.717) is 47.8 Å². The highest BCUT2D eigenvalue weighted by atomic mass is 19.1. The van der Waals surface area contributed by atoms with Crippen LogP contribution in [-0.4, -0.2) is 78.3 Å². The van der Waals surface area contributed by atoms with Gasteiger partial charge < -0.3 is 38.9 Å². The third-order valence-electron chi connectivity index (χ3n) is 13.2. The number of benzene rings is 4. The molecule has 7 atom stereocenters. The molecule has 1 saturated heterocycles. The number of carbonyl (C=O) groups is 1. The number of hydrogen-bond acceptors (Lipinski definition) is 9. The van der Waals surface area contributed by atoms with Crippen molar-refractivity contribution < 1.29 is 43.2 Å². The van der Waals surface area contributed by atoms with Gasteiger partial charge in [0.15, 0.2) is 0 Å². The first-order valence-electron chi connectivity index (χ1n) is 22.3. The second-order valence-electron chi connectivity index (χ2n) is 17.0. The summed E-state index contributed by atoms with van der Waals surface area (Å²) in [6.07, 6.45) is 11.0. The van der Waals surface area contributed by atoms with Gasteiger partial charge in [0, 0.05) is 55.7 Å². The average molecular weight is 847 g/mol. The minimum atomic E-state index is -1.40. The zero-order valence-corrected chi connectivity index (χ0v) is 35.6. The molecule has 2 aliphatic carbocycles. The Balaban J connectivity index is 1.29. The van der Waals surface area contributed by atoms with Crippen LogP contribution in [0.4, 0.5) is 4.39 Å². The standard InChI is InChI=1S/C51H59FN2O8/c1-3-27-60-51-46(54(2)50(57)37-22-21-34-14-4-5-15-35(34)29-37)32-44(53-62-47-20-10-13-28-58-47)41-30-36(16-8-11-25-55)40(18-9-12-26-56)48(49(41)51)42-31-39(23-24-45(42)61-51)59-33-38-17-6-7-19-43(38)52/h3-7,14-15,17,19,21-24,29-31,36,40,46-49,55-56H,1,8-13,16,18,20,25-28,32-33H2,2H3/t36-,40+,46-,47?,48+,49+,51+/m0/s1. The lowest BCUT2D eigenvalue weighted by Gasteiger charge is -2.59. The van der Waals surface area contributed by atoms with Crippen molar-refractivity contribution in [3.63, 3.8) is 0 Å². The molecule has 4 aromatic carbocycles. The number of unbranched alkanes of at least 4 members (excludes halogenated alkanes) is 2. The maximum atomic E-state index is 14.9. The third kappa shape index (κ3) is 9.04. The number of hydrogen-bond donors (Lipinski definition) is 2. The van der Waals surface area contributed by atoms with Crippen LogP contribution in [0.1, 0.15) is 91.6 Å². The van der Waals surface area contributed by atoms with Gasteiger partial charge in [0.25, 0.3) is 5.91 Å². The van der Waals surface area contributed by atoms with Gasteiger partial charge >= 0.3 is 0 Å². The van der Waals surface area contributed by atoms with Crippen LogP contribution in [0, 0.1) is 23.6 Å². The van der Waals surface area contributed by atoms with Gasteiger partial charge in [-0.15, -0.1) is 6.58 Å². The number of carbonyl (C=O) groups excluding carboxylic acids is 1. The zero-order chi connectivity index (χ0) is 43.1. The van der Waals surface area contributed by atoms with E-state index in [4.69, 9.17) is 28.9 Å². The quantitative estimate of drug-likeness (QED) is 0.0578. The van der Waals surface area contributed by atoms with E-state index in [-0.39, 0.29) is 62.3 Å². The second kappa shape index (κ2) is 20.0. The normalized spacial score (nSPS) is 25.9. The average Bonchev–Trinajstić information content (AvgIpc) is 3.30. The van der Waals surface area contributed by atoms with E-state index in [9.17, 15) is 19.4 Å². The predicted octanol–water partition coefficient (Wildman–Crippen LogP) is 9.49. The van der Waals surface area contributed by atoms with Crippen molar-refractivity contribution in [2.45, 2.75) is 94.9 Å². The number of aliphatic hydroxyl groups is 2. The first kappa shape index (κ1) is 43.6. The van der Waals surface area contributed by atoms with E-state index in [1.165, 1.54) is 6.07 Å². The van der Waals surface area contributed by atoms with Crippen molar-refractivity contribution in [3.8, 4) is 11.5 Å². The SMILES string of the molecule is C=CCO[C@@]12Oc3ccc(OCc4ccccc4F)cc3[C@H]3[C@H](CCCCO)[C@@H](CCCCO)C=C(C(=NOC4CCCCO4)C[C@@H]1N(C)C(=O)c1ccc4ccccc4c1)[C@H]32. The molecule has 328 valence electrons. The fourth-order valence-corrected chi connectivity index (χ4v) is 10.2. The molecule has 2 N–H and O–H groups in total. The van der Waals surface area contributed by atoms with Crippen molar-refractivity contribution in [1.82, 2.24) is 4.90 Å². The summed E-state index contributed by atoms with van der Waals surface area (Å²) in [6.45, 7) is 5.01. The highest BCUT2D eigenvalue weighted by Gasteiger charge is 2.65. The summed E-state index contributed by atoms with van der Waals surface area (Å²) in [5, 5.41) is 26.8. The Kier molecular flexibility index (Phi) is 14.0. The molecule has 0 spiro atoms. The number of amides is 1. The molecule has 62 heavy (non-hydrogen) atoms. The van der Waals surface area contributed by atoms with E-state index in [2.05, 4.69) is 12.7 Å². The number of likely N-dealkylation sites (N-methyl/N-ethyl adjacent to an activating group) is 1. The smallest absolute Gasteiger partial charge is 0.254 e. The van der Waals surface area contributed by atoms with Gasteiger partial charge in [0.05, 0.1) is 24.8 Å². The van der Waals surface area contributed by atoms with Gasteiger partial charge in [-0.1, -0.05) is 78.7 Å². The lowest BCUT2D eigenvalue weighted by molar-refractivity contribution is -0.252. The van der Waals surface area contributed by atoms with Gasteiger partial charge in [-0.25, -0.2) is 4.39 Å². The van der Waals surface area contributed by atoms with Crippen LogP contribution < -0.4 is 9.47 Å². The molecule has 4 aromatic rings. The van der Waals surface area contributed by atoms with Crippen LogP contribution in [0.15, 0.2) is 114 Å². The molecular weight excluding hydrogens is 788 g/mol. The Morgan fingerprint density at radius 1 is 0.968 bits per heavy atom. The van der Waals surface area contributed by atoms with Crippen molar-refractivity contribution in [3.05, 3.63) is 132 Å². The molecule has 0 radical (unpaired) electrons. The first-order valence-corrected chi connectivity index (χ1v) is 22.3. The fraction of sp³-hybridized carbons (Fsp3) is 0.451. The van der Waals surface area contributed by atoms with E-state index in [1.54, 1.807) is 29.2 Å². The summed E-state index contributed by atoms with van der Waals surface area (Å²) in [4.78, 5) is 22.9. The van der Waals surface area contributed by atoms with Gasteiger partial charge in [-0.3, -0.25) is 4.79 Å². The van der Waals surface area contributed by atoms with Crippen LogP contribution >= 0.6 is 0 Å². The van der Waals surface area contributed by atoms with Crippen molar-refractivity contribution in [2.24, 2.45) is 22.9 Å². The van der Waals surface area contributed by atoms with E-state index < -0.39 is 24.0 Å². The summed E-state index contributed by atoms with van der Waals surface area (Å²) in [6, 6.07) is 25.4. The molecule has 2 fully saturated rings. The highest BCUT2D eigenvalue weighted by molar-refractivity contribution is 6.04. The summed E-state index contributed by atoms with van der Waals surface area (Å²) < 4.78 is 41.5. The largest absolute Gasteiger partial charge is 0.489 e. The third-order valence-corrected chi connectivity index (χ3v) is 13.2. The summed E-state index contributed by atoms with van der Waals surface area (Å²) in [7, 11) is 1.81. The van der Waals surface area contributed by atoms with Gasteiger partial charge in [-0.2, -0.15) is 0 Å². The Morgan fingerprint density at radius 3 is 2.53 bits per heavy atom. The van der Waals surface area contributed by atoms with Crippen molar-refractivity contribution in [1.29, 1.82) is 0 Å². The Hall–Kier alpha value is -5.07. The zero-order valence-electron chi connectivity index (χ0n) is 35.6. The molecule has 0 aromatic heterocycles. The monoisotopic (exact) mass is 846 g/mol. The van der Waals surface area contributed by atoms with Crippen molar-refractivity contribution >= 4 is 22.4 Å². The number of nitrogens with zero attached hydrogens (tertiary/aromatic N) is 2. The maximum absolute atomic E-state index is 14.9. The number of fused-ring (bicyclic) bond motifs is 3. The van der Waals surface area contributed by atoms with Gasteiger partial charge in [0.1, 0.15) is 30.0 Å². The number of rotatable bonds is 18. The van der Waals surface area contributed by atoms with E-state index >= 15 is 0 Å². The van der Waals surface area contributed by atoms with Crippen molar-refractivity contribution in [2.75, 3.05) is 33.5 Å². The van der Waals surface area contributed by atoms with Crippen LogP contribution in [0.3, 0.4) is 0 Å². The number of allylic oxidation sites excluding steroid dienone is 1. The number of aliphatic hydroxyl groups excluding tert-OH is 2. The molecule has 1 saturated carbocycles. The predicted molar refractivity (Wildman–Crippen MR) is 236 cm³/mol. The Labute approximate surface area is 364 Å². The molecule has 1 amide bonds. The molecule has 11 heteroatoms. The minimum absolute atomic E-state index is 0.0364. The molecule has 10 nitrogen and oxygen atoms in total. The van der Waals surface area contributed by atoms with Crippen LogP contribution in [-0.2, 0) is 20.9 Å². The molecular formula is C51H59FN2O8. The first-order chi connectivity index (χ1) is 30.3. The van der Waals surface area contributed by atoms with Crippen LogP contribution in [0.25, 0.3) is 10.8 Å². The Morgan fingerprint density at radius 2 is 1.76 bits per heavy atom. The molecule has 2 aliphatic heterocycles. The number of ether oxygens (including phenoxy) is 4. The fourth-order valence-electron chi connectivity index (χ4n) is 10.2. The van der Waals surface area contributed by atoms with Gasteiger partial charge in [0.2, 0.25) is 12.1 Å². The summed E-state index contributed by atoms with van der Waals surface area (Å²) in [5.74, 6) is -1.36. The second-order valence-corrected chi connectivity index (χ2v) is 17.0. The molecule has 2 heterocycles. The van der Waals surface area contributed by atoms with E-state index in [0.717, 1.165) is 66.9 Å². The maximum Gasteiger partial charge on any atom is 0.254 e. The van der Waals surface area contributed by atoms with Crippen LogP contribution in [0.5, 0.6) is 11.5 Å². The van der Waals surface area contributed by atoms with Crippen LogP contribution in [0.2, 0.25) is 0 Å². The molecule has 8 rings (SSSR count).